The number of nitrogens with zero attached hydrogens (tertiary/aromatic N) is 7. The van der Waals surface area contributed by atoms with E-state index in [-0.39, 0.29) is 17.5 Å². The van der Waals surface area contributed by atoms with Gasteiger partial charge in [-0.25, -0.2) is 18.7 Å². The molecule has 3 aromatic heterocycles. The second kappa shape index (κ2) is 8.07. The van der Waals surface area contributed by atoms with Crippen molar-refractivity contribution in [2.75, 3.05) is 5.32 Å². The van der Waals surface area contributed by atoms with E-state index in [0.717, 1.165) is 17.0 Å². The van der Waals surface area contributed by atoms with Gasteiger partial charge in [0.15, 0.2) is 5.69 Å². The molecule has 4 aromatic rings. The van der Waals surface area contributed by atoms with Crippen LogP contribution in [-0.2, 0) is 13.2 Å². The molecule has 0 spiro atoms. The van der Waals surface area contributed by atoms with Gasteiger partial charge in [-0.2, -0.15) is 10.2 Å². The zero-order valence-electron chi connectivity index (χ0n) is 16.3. The molecule has 0 fully saturated rings. The maximum absolute atomic E-state index is 13.3. The van der Waals surface area contributed by atoms with Gasteiger partial charge in [0.2, 0.25) is 5.95 Å². The van der Waals surface area contributed by atoms with Crippen molar-refractivity contribution in [2.24, 2.45) is 0 Å². The van der Waals surface area contributed by atoms with Crippen LogP contribution < -0.4 is 5.32 Å². The third-order valence-corrected chi connectivity index (χ3v) is 4.99. The average molecular weight is 429 g/mol. The fourth-order valence-corrected chi connectivity index (χ4v) is 3.06. The van der Waals surface area contributed by atoms with E-state index in [9.17, 15) is 9.18 Å². The van der Waals surface area contributed by atoms with Crippen LogP contribution in [0.4, 0.5) is 10.3 Å². The summed E-state index contributed by atoms with van der Waals surface area (Å²) in [6.07, 6.45) is 3.14. The zero-order valence-corrected chi connectivity index (χ0v) is 17.0. The first-order valence-electron chi connectivity index (χ1n) is 9.07. The summed E-state index contributed by atoms with van der Waals surface area (Å²) >= 11 is 6.16. The lowest BCUT2D eigenvalue weighted by Crippen LogP contribution is -2.16. The number of carbonyl (C=O) groups excluding carboxylic acids is 1. The molecule has 154 valence electrons. The maximum Gasteiger partial charge on any atom is 0.278 e. The van der Waals surface area contributed by atoms with Crippen LogP contribution >= 0.6 is 11.6 Å². The first kappa shape index (κ1) is 19.8. The van der Waals surface area contributed by atoms with Crippen molar-refractivity contribution in [1.29, 1.82) is 0 Å². The lowest BCUT2D eigenvalue weighted by molar-refractivity contribution is 0.102. The van der Waals surface area contributed by atoms with Crippen molar-refractivity contribution < 1.29 is 9.18 Å². The summed E-state index contributed by atoms with van der Waals surface area (Å²) in [5.41, 5.74) is 2.51. The van der Waals surface area contributed by atoms with Crippen LogP contribution in [0, 0.1) is 19.7 Å². The third-order valence-electron chi connectivity index (χ3n) is 4.44. The Balaban J connectivity index is 1.40. The van der Waals surface area contributed by atoms with Crippen LogP contribution in [-0.4, -0.2) is 40.2 Å². The quantitative estimate of drug-likeness (QED) is 0.509. The number of rotatable bonds is 6. The van der Waals surface area contributed by atoms with Gasteiger partial charge in [-0.1, -0.05) is 23.7 Å². The van der Waals surface area contributed by atoms with Crippen LogP contribution in [0.2, 0.25) is 5.02 Å². The Bertz CT molecular complexity index is 1210. The number of anilines is 1. The smallest absolute Gasteiger partial charge is 0.278 e. The Morgan fingerprint density at radius 1 is 1.17 bits per heavy atom. The molecule has 1 aromatic carbocycles. The van der Waals surface area contributed by atoms with Gasteiger partial charge in [0.25, 0.3) is 5.91 Å². The van der Waals surface area contributed by atoms with Gasteiger partial charge in [0.05, 0.1) is 23.0 Å². The maximum atomic E-state index is 13.3. The Labute approximate surface area is 176 Å². The summed E-state index contributed by atoms with van der Waals surface area (Å²) in [7, 11) is 0. The highest BCUT2D eigenvalue weighted by molar-refractivity contribution is 6.31. The number of nitrogens with one attached hydrogen (secondary N) is 1. The highest BCUT2D eigenvalue weighted by atomic mass is 35.5. The second-order valence-electron chi connectivity index (χ2n) is 6.72. The van der Waals surface area contributed by atoms with E-state index in [4.69, 9.17) is 11.6 Å². The molecule has 0 radical (unpaired) electrons. The van der Waals surface area contributed by atoms with E-state index in [1.165, 1.54) is 23.1 Å². The average Bonchev–Trinajstić information content (AvgIpc) is 3.40. The summed E-state index contributed by atoms with van der Waals surface area (Å²) in [4.78, 5) is 16.5. The number of hydrogen-bond donors (Lipinski definition) is 1. The lowest BCUT2D eigenvalue weighted by atomic mass is 10.2. The van der Waals surface area contributed by atoms with Crippen molar-refractivity contribution in [3.63, 3.8) is 0 Å². The predicted molar refractivity (Wildman–Crippen MR) is 108 cm³/mol. The van der Waals surface area contributed by atoms with E-state index in [1.54, 1.807) is 33.8 Å². The SMILES string of the molecule is Cc1nn(Cn2ccc(C(=O)Nc3ncn(Cc4cccc(F)c4)n3)n2)c(C)c1Cl. The van der Waals surface area contributed by atoms with Crippen molar-refractivity contribution in [3.05, 3.63) is 76.3 Å². The molecule has 9 nitrogen and oxygen atoms in total. The van der Waals surface area contributed by atoms with Crippen LogP contribution in [0.15, 0.2) is 42.9 Å². The fraction of sp³-hybridized carbons (Fsp3) is 0.211. The molecule has 0 saturated carbocycles. The number of aromatic nitrogens is 7. The molecule has 0 saturated heterocycles. The van der Waals surface area contributed by atoms with E-state index < -0.39 is 5.91 Å². The summed E-state index contributed by atoms with van der Waals surface area (Å²) in [5.74, 6) is -0.626. The van der Waals surface area contributed by atoms with Gasteiger partial charge in [0, 0.05) is 6.20 Å². The summed E-state index contributed by atoms with van der Waals surface area (Å²) in [5, 5.41) is 16.0. The van der Waals surface area contributed by atoms with Crippen molar-refractivity contribution in [3.8, 4) is 0 Å². The van der Waals surface area contributed by atoms with Gasteiger partial charge < -0.3 is 0 Å². The molecular formula is C19H18ClFN8O. The number of halogens is 2. The second-order valence-corrected chi connectivity index (χ2v) is 7.09. The standard InChI is InChI=1S/C19H18ClFN8O/c1-12-17(20)13(2)29(24-12)11-27-7-6-16(25-27)18(30)23-19-22-10-28(26-19)9-14-4-3-5-15(21)8-14/h3-8,10H,9,11H2,1-2H3,(H,23,26,30). The van der Waals surface area contributed by atoms with E-state index >= 15 is 0 Å². The number of amides is 1. The topological polar surface area (TPSA) is 95.5 Å². The summed E-state index contributed by atoms with van der Waals surface area (Å²) in [6.45, 7) is 4.35. The molecule has 0 aliphatic heterocycles. The summed E-state index contributed by atoms with van der Waals surface area (Å²) < 4.78 is 18.1. The van der Waals surface area contributed by atoms with E-state index in [1.807, 2.05) is 13.8 Å². The normalized spacial score (nSPS) is 11.1. The Hall–Kier alpha value is -3.53. The molecule has 1 amide bonds. The Morgan fingerprint density at radius 3 is 2.73 bits per heavy atom. The zero-order chi connectivity index (χ0) is 21.3. The molecular weight excluding hydrogens is 411 g/mol. The fourth-order valence-electron chi connectivity index (χ4n) is 2.93. The summed E-state index contributed by atoms with van der Waals surface area (Å²) in [6, 6.07) is 7.79. The molecule has 0 unspecified atom stereocenters. The molecule has 3 heterocycles. The molecule has 4 rings (SSSR count). The predicted octanol–water partition coefficient (Wildman–Crippen LogP) is 2.89. The van der Waals surface area contributed by atoms with Crippen molar-refractivity contribution >= 4 is 23.5 Å². The highest BCUT2D eigenvalue weighted by Crippen LogP contribution is 2.18. The largest absolute Gasteiger partial charge is 0.288 e. The van der Waals surface area contributed by atoms with Gasteiger partial charge in [-0.05, 0) is 37.6 Å². The minimum absolute atomic E-state index is 0.135. The highest BCUT2D eigenvalue weighted by Gasteiger charge is 2.14. The van der Waals surface area contributed by atoms with E-state index in [0.29, 0.717) is 18.2 Å². The molecule has 0 atom stereocenters. The molecule has 0 aliphatic carbocycles. The van der Waals surface area contributed by atoms with Gasteiger partial charge in [-0.3, -0.25) is 14.8 Å². The third kappa shape index (κ3) is 4.23. The number of aryl methyl sites for hydroxylation is 1. The van der Waals surface area contributed by atoms with Crippen molar-refractivity contribution in [1.82, 2.24) is 34.3 Å². The van der Waals surface area contributed by atoms with Crippen molar-refractivity contribution in [2.45, 2.75) is 27.1 Å². The van der Waals surface area contributed by atoms with Crippen LogP contribution in [0.3, 0.4) is 0 Å². The Kier molecular flexibility index (Phi) is 5.32. The van der Waals surface area contributed by atoms with Crippen LogP contribution in [0.5, 0.6) is 0 Å². The van der Waals surface area contributed by atoms with Gasteiger partial charge in [-0.15, -0.1) is 5.10 Å². The van der Waals surface area contributed by atoms with Crippen LogP contribution in [0.25, 0.3) is 0 Å². The minimum atomic E-state index is -0.441. The minimum Gasteiger partial charge on any atom is -0.288 e. The van der Waals surface area contributed by atoms with Gasteiger partial charge in [0.1, 0.15) is 18.8 Å². The van der Waals surface area contributed by atoms with Crippen LogP contribution in [0.1, 0.15) is 27.4 Å². The molecule has 0 bridgehead atoms. The number of benzene rings is 1. The lowest BCUT2D eigenvalue weighted by Gasteiger charge is -2.04. The molecule has 30 heavy (non-hydrogen) atoms. The monoisotopic (exact) mass is 428 g/mol. The van der Waals surface area contributed by atoms with Gasteiger partial charge >= 0.3 is 0 Å². The Morgan fingerprint density at radius 2 is 2.00 bits per heavy atom. The molecule has 0 aliphatic rings. The number of carbonyl (C=O) groups is 1. The molecule has 1 N–H and O–H groups in total. The number of hydrogen-bond acceptors (Lipinski definition) is 5. The first-order valence-corrected chi connectivity index (χ1v) is 9.45. The molecule has 11 heteroatoms. The first-order chi connectivity index (χ1) is 14.4. The van der Waals surface area contributed by atoms with E-state index in [2.05, 4.69) is 25.6 Å².